The average molecular weight is 305 g/mol. The summed E-state index contributed by atoms with van der Waals surface area (Å²) in [7, 11) is 2.17. The predicted octanol–water partition coefficient (Wildman–Crippen LogP) is 2.67. The molecule has 0 aromatic heterocycles. The Labute approximate surface area is 132 Å². The van der Waals surface area contributed by atoms with Gasteiger partial charge in [0.1, 0.15) is 0 Å². The highest BCUT2D eigenvalue weighted by molar-refractivity contribution is 5.41. The van der Waals surface area contributed by atoms with Crippen LogP contribution in [-0.4, -0.2) is 53.0 Å². The molecular formula is C17H27N3O2. The first-order chi connectivity index (χ1) is 10.2. The monoisotopic (exact) mass is 305 g/mol. The fourth-order valence-electron chi connectivity index (χ4n) is 4.11. The summed E-state index contributed by atoms with van der Waals surface area (Å²) in [4.78, 5) is 16.2. The van der Waals surface area contributed by atoms with Crippen LogP contribution in [0.25, 0.3) is 0 Å². The lowest BCUT2D eigenvalue weighted by Gasteiger charge is -2.39. The number of piperidine rings is 1. The van der Waals surface area contributed by atoms with Crippen molar-refractivity contribution in [1.82, 2.24) is 9.80 Å². The van der Waals surface area contributed by atoms with Crippen LogP contribution in [0, 0.1) is 15.5 Å². The molecule has 0 aromatic carbocycles. The number of nitro groups is 1. The number of hydrogen-bond acceptors (Lipinski definition) is 4. The van der Waals surface area contributed by atoms with Crippen LogP contribution in [0.4, 0.5) is 0 Å². The second-order valence-corrected chi connectivity index (χ2v) is 8.03. The molecule has 0 bridgehead atoms. The lowest BCUT2D eigenvalue weighted by Crippen LogP contribution is -2.45. The van der Waals surface area contributed by atoms with Crippen LogP contribution in [0.5, 0.6) is 0 Å². The molecule has 3 rings (SSSR count). The molecule has 1 unspecified atom stereocenters. The molecule has 122 valence electrons. The SMILES string of the molecule is CN1CCC(N2CC(C)(C)C3=C2CC(C)([N+](=O)[O-])C=C3)CC1. The van der Waals surface area contributed by atoms with E-state index in [4.69, 9.17) is 0 Å². The number of allylic oxidation sites excluding steroid dienone is 1. The Morgan fingerprint density at radius 1 is 1.27 bits per heavy atom. The molecule has 0 aromatic rings. The first-order valence-electron chi connectivity index (χ1n) is 8.25. The number of likely N-dealkylation sites (tertiary alicyclic amines) is 1. The first-order valence-corrected chi connectivity index (χ1v) is 8.25. The summed E-state index contributed by atoms with van der Waals surface area (Å²) in [6.45, 7) is 9.49. The van der Waals surface area contributed by atoms with Gasteiger partial charge in [-0.2, -0.15) is 0 Å². The van der Waals surface area contributed by atoms with Gasteiger partial charge in [0, 0.05) is 35.5 Å². The van der Waals surface area contributed by atoms with Crippen LogP contribution in [0.3, 0.4) is 0 Å². The summed E-state index contributed by atoms with van der Waals surface area (Å²) < 4.78 is 0. The zero-order valence-electron chi connectivity index (χ0n) is 14.1. The summed E-state index contributed by atoms with van der Waals surface area (Å²) in [5.41, 5.74) is 1.67. The van der Waals surface area contributed by atoms with Crippen molar-refractivity contribution in [3.63, 3.8) is 0 Å². The Kier molecular flexibility index (Phi) is 3.59. The predicted molar refractivity (Wildman–Crippen MR) is 87.2 cm³/mol. The third-order valence-electron chi connectivity index (χ3n) is 5.63. The Balaban J connectivity index is 1.89. The van der Waals surface area contributed by atoms with E-state index in [1.807, 2.05) is 6.08 Å². The lowest BCUT2D eigenvalue weighted by atomic mass is 9.80. The molecule has 2 aliphatic heterocycles. The zero-order chi connectivity index (χ0) is 16.1. The molecule has 0 N–H and O–H groups in total. The van der Waals surface area contributed by atoms with Gasteiger partial charge in [-0.1, -0.05) is 19.9 Å². The molecule has 1 saturated heterocycles. The Morgan fingerprint density at radius 2 is 1.91 bits per heavy atom. The maximum absolute atomic E-state index is 11.5. The van der Waals surface area contributed by atoms with Crippen molar-refractivity contribution in [2.24, 2.45) is 5.41 Å². The van der Waals surface area contributed by atoms with E-state index in [9.17, 15) is 10.1 Å². The topological polar surface area (TPSA) is 49.6 Å². The van der Waals surface area contributed by atoms with E-state index in [1.165, 1.54) is 11.3 Å². The fraction of sp³-hybridized carbons (Fsp3) is 0.765. The molecule has 1 aliphatic carbocycles. The average Bonchev–Trinajstić information content (AvgIpc) is 2.70. The molecule has 5 heteroatoms. The normalized spacial score (nSPS) is 32.5. The molecule has 1 fully saturated rings. The van der Waals surface area contributed by atoms with Crippen LogP contribution in [0.2, 0.25) is 0 Å². The maximum atomic E-state index is 11.5. The molecule has 0 spiro atoms. The Bertz CT molecular complexity index is 544. The van der Waals surface area contributed by atoms with E-state index in [-0.39, 0.29) is 10.3 Å². The highest BCUT2D eigenvalue weighted by Gasteiger charge is 2.47. The Morgan fingerprint density at radius 3 is 2.50 bits per heavy atom. The molecule has 0 amide bonds. The van der Waals surface area contributed by atoms with Gasteiger partial charge in [-0.3, -0.25) is 10.1 Å². The van der Waals surface area contributed by atoms with Gasteiger partial charge in [-0.05, 0) is 44.6 Å². The Hall–Kier alpha value is -1.36. The van der Waals surface area contributed by atoms with Crippen molar-refractivity contribution in [2.45, 2.75) is 51.6 Å². The fourth-order valence-corrected chi connectivity index (χ4v) is 4.11. The van der Waals surface area contributed by atoms with Gasteiger partial charge in [-0.15, -0.1) is 0 Å². The summed E-state index contributed by atoms with van der Waals surface area (Å²) in [6, 6.07) is 0.533. The van der Waals surface area contributed by atoms with Crippen molar-refractivity contribution >= 4 is 0 Å². The van der Waals surface area contributed by atoms with E-state index < -0.39 is 5.54 Å². The second-order valence-electron chi connectivity index (χ2n) is 8.03. The molecular weight excluding hydrogens is 278 g/mol. The van der Waals surface area contributed by atoms with E-state index in [1.54, 1.807) is 13.0 Å². The van der Waals surface area contributed by atoms with Crippen LogP contribution >= 0.6 is 0 Å². The van der Waals surface area contributed by atoms with E-state index in [2.05, 4.69) is 30.7 Å². The summed E-state index contributed by atoms with van der Waals surface area (Å²) >= 11 is 0. The highest BCUT2D eigenvalue weighted by atomic mass is 16.6. The van der Waals surface area contributed by atoms with E-state index in [0.717, 1.165) is 32.5 Å². The minimum atomic E-state index is -0.955. The van der Waals surface area contributed by atoms with Gasteiger partial charge < -0.3 is 9.80 Å². The number of rotatable bonds is 2. The quantitative estimate of drug-likeness (QED) is 0.581. The van der Waals surface area contributed by atoms with Crippen molar-refractivity contribution in [3.8, 4) is 0 Å². The molecule has 1 atom stereocenters. The van der Waals surface area contributed by atoms with Crippen molar-refractivity contribution in [1.29, 1.82) is 0 Å². The number of nitrogens with zero attached hydrogens (tertiary/aromatic N) is 3. The minimum Gasteiger partial charge on any atom is -0.370 e. The molecule has 0 radical (unpaired) electrons. The van der Waals surface area contributed by atoms with Gasteiger partial charge >= 0.3 is 0 Å². The molecule has 5 nitrogen and oxygen atoms in total. The highest BCUT2D eigenvalue weighted by Crippen LogP contribution is 2.47. The van der Waals surface area contributed by atoms with Crippen molar-refractivity contribution < 1.29 is 4.92 Å². The third-order valence-corrected chi connectivity index (χ3v) is 5.63. The lowest BCUT2D eigenvalue weighted by molar-refractivity contribution is -0.550. The van der Waals surface area contributed by atoms with Gasteiger partial charge in [0.05, 0.1) is 6.42 Å². The van der Waals surface area contributed by atoms with Crippen LogP contribution in [0.15, 0.2) is 23.4 Å². The number of hydrogen-bond donors (Lipinski definition) is 0. The first kappa shape index (κ1) is 15.5. The van der Waals surface area contributed by atoms with Gasteiger partial charge in [0.25, 0.3) is 0 Å². The largest absolute Gasteiger partial charge is 0.370 e. The van der Waals surface area contributed by atoms with Crippen LogP contribution in [-0.2, 0) is 0 Å². The second kappa shape index (κ2) is 5.08. The van der Waals surface area contributed by atoms with Gasteiger partial charge in [0.2, 0.25) is 5.54 Å². The standard InChI is InChI=1S/C17H27N3O2/c1-16(2)12-19(13-6-9-18(4)10-7-13)15-11-17(3,20(21)22)8-5-14(15)16/h5,8,13H,6-7,9-12H2,1-4H3. The van der Waals surface area contributed by atoms with Crippen molar-refractivity contribution in [3.05, 3.63) is 33.5 Å². The smallest absolute Gasteiger partial charge is 0.243 e. The molecule has 22 heavy (non-hydrogen) atoms. The minimum absolute atomic E-state index is 0.0904. The summed E-state index contributed by atoms with van der Waals surface area (Å²) in [5, 5.41) is 11.5. The van der Waals surface area contributed by atoms with Crippen LogP contribution < -0.4 is 0 Å². The molecule has 3 aliphatic rings. The maximum Gasteiger partial charge on any atom is 0.243 e. The molecule has 2 heterocycles. The van der Waals surface area contributed by atoms with Gasteiger partial charge in [0.15, 0.2) is 0 Å². The molecule has 0 saturated carbocycles. The summed E-state index contributed by atoms with van der Waals surface area (Å²) in [6.07, 6.45) is 6.66. The van der Waals surface area contributed by atoms with E-state index >= 15 is 0 Å². The zero-order valence-corrected chi connectivity index (χ0v) is 14.1. The van der Waals surface area contributed by atoms with Crippen molar-refractivity contribution in [2.75, 3.05) is 26.7 Å². The summed E-state index contributed by atoms with van der Waals surface area (Å²) in [5.74, 6) is 0. The van der Waals surface area contributed by atoms with Gasteiger partial charge in [-0.25, -0.2) is 0 Å². The third kappa shape index (κ3) is 2.45. The van der Waals surface area contributed by atoms with E-state index in [0.29, 0.717) is 12.5 Å². The van der Waals surface area contributed by atoms with Crippen LogP contribution in [0.1, 0.15) is 40.0 Å².